The predicted molar refractivity (Wildman–Crippen MR) is 113 cm³/mol. The number of aromatic hydroxyl groups is 1. The Morgan fingerprint density at radius 3 is 2.48 bits per heavy atom. The SMILES string of the molecule is COC(=O)CN(C(=O)c1c(O)c2cc(SC)ccc2n(C)c1=O)c1ccccc1. The van der Waals surface area contributed by atoms with Crippen LogP contribution in [0, 0.1) is 0 Å². The predicted octanol–water partition coefficient (Wildman–Crippen LogP) is 2.79. The lowest BCUT2D eigenvalue weighted by molar-refractivity contribution is -0.138. The second-order valence-corrected chi connectivity index (χ2v) is 7.15. The number of aryl methyl sites for hydroxylation is 1. The van der Waals surface area contributed by atoms with Gasteiger partial charge in [-0.25, -0.2) is 0 Å². The number of hydrogen-bond donors (Lipinski definition) is 1. The van der Waals surface area contributed by atoms with Crippen LogP contribution in [0.5, 0.6) is 5.75 Å². The molecule has 0 aliphatic heterocycles. The Kier molecular flexibility index (Phi) is 5.93. The highest BCUT2D eigenvalue weighted by molar-refractivity contribution is 7.98. The molecular weight excluding hydrogens is 392 g/mol. The summed E-state index contributed by atoms with van der Waals surface area (Å²) >= 11 is 1.48. The van der Waals surface area contributed by atoms with Crippen molar-refractivity contribution in [3.8, 4) is 5.75 Å². The van der Waals surface area contributed by atoms with E-state index in [0.717, 1.165) is 9.80 Å². The minimum Gasteiger partial charge on any atom is -0.506 e. The fraction of sp³-hybridized carbons (Fsp3) is 0.190. The van der Waals surface area contributed by atoms with Crippen LogP contribution in [0.2, 0.25) is 0 Å². The number of anilines is 1. The van der Waals surface area contributed by atoms with Gasteiger partial charge in [0.2, 0.25) is 0 Å². The number of aromatic nitrogens is 1. The molecule has 0 aliphatic rings. The number of amides is 1. The molecule has 0 spiro atoms. The van der Waals surface area contributed by atoms with Gasteiger partial charge in [-0.2, -0.15) is 0 Å². The summed E-state index contributed by atoms with van der Waals surface area (Å²) in [6.45, 7) is -0.398. The van der Waals surface area contributed by atoms with Gasteiger partial charge in [-0.1, -0.05) is 18.2 Å². The van der Waals surface area contributed by atoms with E-state index in [0.29, 0.717) is 16.6 Å². The van der Waals surface area contributed by atoms with Crippen LogP contribution in [0.4, 0.5) is 5.69 Å². The average Bonchev–Trinajstić information content (AvgIpc) is 2.75. The van der Waals surface area contributed by atoms with Gasteiger partial charge in [0.05, 0.1) is 12.6 Å². The maximum atomic E-state index is 13.3. The van der Waals surface area contributed by atoms with Crippen LogP contribution in [0.15, 0.2) is 58.2 Å². The topological polar surface area (TPSA) is 88.8 Å². The molecule has 3 aromatic rings. The van der Waals surface area contributed by atoms with Gasteiger partial charge in [-0.15, -0.1) is 11.8 Å². The summed E-state index contributed by atoms with van der Waals surface area (Å²) in [5, 5.41) is 11.2. The molecule has 1 heterocycles. The highest BCUT2D eigenvalue weighted by atomic mass is 32.2. The molecular formula is C21H20N2O5S. The zero-order valence-electron chi connectivity index (χ0n) is 16.2. The zero-order valence-corrected chi connectivity index (χ0v) is 17.0. The van der Waals surface area contributed by atoms with E-state index < -0.39 is 35.3 Å². The number of fused-ring (bicyclic) bond motifs is 1. The lowest BCUT2D eigenvalue weighted by Gasteiger charge is -2.22. The quantitative estimate of drug-likeness (QED) is 0.512. The molecule has 0 fully saturated rings. The van der Waals surface area contributed by atoms with Crippen molar-refractivity contribution in [3.05, 3.63) is 64.4 Å². The third-order valence-corrected chi connectivity index (χ3v) is 5.34. The third-order valence-electron chi connectivity index (χ3n) is 4.62. The minimum absolute atomic E-state index is 0.383. The van der Waals surface area contributed by atoms with E-state index in [1.807, 2.05) is 12.3 Å². The van der Waals surface area contributed by atoms with Crippen molar-refractivity contribution in [1.29, 1.82) is 0 Å². The van der Waals surface area contributed by atoms with Gasteiger partial charge in [0.1, 0.15) is 17.9 Å². The summed E-state index contributed by atoms with van der Waals surface area (Å²) in [6, 6.07) is 13.7. The van der Waals surface area contributed by atoms with E-state index in [2.05, 4.69) is 0 Å². The first-order valence-electron chi connectivity index (χ1n) is 8.72. The lowest BCUT2D eigenvalue weighted by Crippen LogP contribution is -2.40. The molecule has 1 N–H and O–H groups in total. The second-order valence-electron chi connectivity index (χ2n) is 6.27. The monoisotopic (exact) mass is 412 g/mol. The Balaban J connectivity index is 2.22. The average molecular weight is 412 g/mol. The maximum Gasteiger partial charge on any atom is 0.325 e. The Labute approximate surface area is 171 Å². The van der Waals surface area contributed by atoms with Crippen LogP contribution in [-0.2, 0) is 16.6 Å². The fourth-order valence-corrected chi connectivity index (χ4v) is 3.49. The van der Waals surface area contributed by atoms with Crippen LogP contribution in [0.25, 0.3) is 10.9 Å². The van der Waals surface area contributed by atoms with Crippen molar-refractivity contribution in [1.82, 2.24) is 4.57 Å². The Morgan fingerprint density at radius 2 is 1.86 bits per heavy atom. The smallest absolute Gasteiger partial charge is 0.325 e. The van der Waals surface area contributed by atoms with E-state index in [1.54, 1.807) is 42.5 Å². The van der Waals surface area contributed by atoms with Gasteiger partial charge in [-0.3, -0.25) is 19.3 Å². The van der Waals surface area contributed by atoms with E-state index in [9.17, 15) is 19.5 Å². The first-order chi connectivity index (χ1) is 13.9. The van der Waals surface area contributed by atoms with Crippen molar-refractivity contribution in [2.24, 2.45) is 7.05 Å². The Hall–Kier alpha value is -3.26. The van der Waals surface area contributed by atoms with Crippen molar-refractivity contribution in [2.45, 2.75) is 4.90 Å². The van der Waals surface area contributed by atoms with E-state index >= 15 is 0 Å². The Morgan fingerprint density at radius 1 is 1.17 bits per heavy atom. The van der Waals surface area contributed by atoms with Gasteiger partial charge < -0.3 is 14.4 Å². The number of rotatable bonds is 5. The minimum atomic E-state index is -0.781. The molecule has 0 unspecified atom stereocenters. The number of thioether (sulfide) groups is 1. The standard InChI is InChI=1S/C21H20N2O5S/c1-22-16-10-9-14(29-3)11-15(16)19(25)18(20(22)26)21(27)23(12-17(24)28-2)13-7-5-4-6-8-13/h4-11,25H,12H2,1-3H3. The van der Waals surface area contributed by atoms with Gasteiger partial charge in [0.25, 0.3) is 11.5 Å². The van der Waals surface area contributed by atoms with Crippen molar-refractivity contribution >= 4 is 40.2 Å². The first-order valence-corrected chi connectivity index (χ1v) is 9.95. The number of carbonyl (C=O) groups excluding carboxylic acids is 2. The highest BCUT2D eigenvalue weighted by Crippen LogP contribution is 2.31. The molecule has 0 radical (unpaired) electrons. The summed E-state index contributed by atoms with van der Waals surface area (Å²) in [6.07, 6.45) is 1.89. The van der Waals surface area contributed by atoms with Crippen molar-refractivity contribution in [2.75, 3.05) is 24.8 Å². The van der Waals surface area contributed by atoms with Crippen LogP contribution < -0.4 is 10.5 Å². The molecule has 8 heteroatoms. The highest BCUT2D eigenvalue weighted by Gasteiger charge is 2.28. The fourth-order valence-electron chi connectivity index (χ4n) is 3.05. The summed E-state index contributed by atoms with van der Waals surface area (Å²) in [4.78, 5) is 40.1. The van der Waals surface area contributed by atoms with Crippen LogP contribution >= 0.6 is 11.8 Å². The number of nitrogens with zero attached hydrogens (tertiary/aromatic N) is 2. The maximum absolute atomic E-state index is 13.3. The van der Waals surface area contributed by atoms with Gasteiger partial charge in [0.15, 0.2) is 0 Å². The molecule has 1 aromatic heterocycles. The van der Waals surface area contributed by atoms with E-state index in [4.69, 9.17) is 4.74 Å². The molecule has 2 aromatic carbocycles. The molecule has 0 saturated heterocycles. The summed E-state index contributed by atoms with van der Waals surface area (Å²) in [5.74, 6) is -1.84. The van der Waals surface area contributed by atoms with Gasteiger partial charge >= 0.3 is 5.97 Å². The second kappa shape index (κ2) is 8.40. The number of hydrogen-bond acceptors (Lipinski definition) is 6. The normalized spacial score (nSPS) is 10.7. The Bertz CT molecular complexity index is 1140. The molecule has 0 atom stereocenters. The van der Waals surface area contributed by atoms with Crippen molar-refractivity contribution in [3.63, 3.8) is 0 Å². The lowest BCUT2D eigenvalue weighted by atomic mass is 10.1. The molecule has 7 nitrogen and oxygen atoms in total. The molecule has 0 aliphatic carbocycles. The molecule has 29 heavy (non-hydrogen) atoms. The van der Waals surface area contributed by atoms with Crippen LogP contribution in [0.1, 0.15) is 10.4 Å². The largest absolute Gasteiger partial charge is 0.506 e. The molecule has 3 rings (SSSR count). The van der Waals surface area contributed by atoms with Gasteiger partial charge in [-0.05, 0) is 36.6 Å². The first kappa shape index (κ1) is 20.5. The number of methoxy groups -OCH3 is 1. The van der Waals surface area contributed by atoms with E-state index in [1.165, 1.54) is 30.5 Å². The van der Waals surface area contributed by atoms with Crippen LogP contribution in [0.3, 0.4) is 0 Å². The number of pyridine rings is 1. The van der Waals surface area contributed by atoms with Crippen LogP contribution in [-0.4, -0.2) is 41.5 Å². The molecule has 1 amide bonds. The summed E-state index contributed by atoms with van der Waals surface area (Å²) in [5.41, 5.74) is -0.142. The molecule has 150 valence electrons. The van der Waals surface area contributed by atoms with Gasteiger partial charge in [0, 0.05) is 23.0 Å². The number of carbonyl (C=O) groups is 2. The molecule has 0 bridgehead atoms. The summed E-state index contributed by atoms with van der Waals surface area (Å²) < 4.78 is 6.00. The number of para-hydroxylation sites is 1. The summed E-state index contributed by atoms with van der Waals surface area (Å²) in [7, 11) is 2.75. The number of esters is 1. The molecule has 0 saturated carbocycles. The number of ether oxygens (including phenoxy) is 1. The number of benzene rings is 2. The third kappa shape index (κ3) is 3.84. The van der Waals surface area contributed by atoms with Crippen molar-refractivity contribution < 1.29 is 19.4 Å². The zero-order chi connectivity index (χ0) is 21.1. The van der Waals surface area contributed by atoms with E-state index in [-0.39, 0.29) is 0 Å².